The molecule has 0 radical (unpaired) electrons. The van der Waals surface area contributed by atoms with Gasteiger partial charge < -0.3 is 10.4 Å². The van der Waals surface area contributed by atoms with E-state index in [1.807, 2.05) is 0 Å². The molecule has 0 saturated carbocycles. The maximum atomic E-state index is 12.8. The van der Waals surface area contributed by atoms with E-state index in [-0.39, 0.29) is 24.4 Å². The molecular weight excluding hydrogens is 227 g/mol. The van der Waals surface area contributed by atoms with Crippen LogP contribution in [0, 0.1) is 11.7 Å². The number of nitrogens with one attached hydrogen (secondary N) is 1. The first-order valence-corrected chi connectivity index (χ1v) is 5.09. The molecule has 5 nitrogen and oxygen atoms in total. The Hall–Kier alpha value is -1.98. The Bertz CT molecular complexity index is 423. The Labute approximate surface area is 97.7 Å². The van der Waals surface area contributed by atoms with Gasteiger partial charge in [-0.05, 0) is 12.0 Å². The fraction of sp³-hybridized carbons (Fsp3) is 0.364. The number of carbonyl (C=O) groups excluding carboxylic acids is 1. The molecule has 0 bridgehead atoms. The van der Waals surface area contributed by atoms with Crippen LogP contribution in [0.25, 0.3) is 0 Å². The average molecular weight is 240 g/mol. The summed E-state index contributed by atoms with van der Waals surface area (Å²) in [7, 11) is 0. The third-order valence-electron chi connectivity index (χ3n) is 2.10. The van der Waals surface area contributed by atoms with Crippen molar-refractivity contribution in [2.45, 2.75) is 13.3 Å². The van der Waals surface area contributed by atoms with Gasteiger partial charge in [0.05, 0.1) is 11.8 Å². The number of carbonyl (C=O) groups is 2. The summed E-state index contributed by atoms with van der Waals surface area (Å²) < 4.78 is 12.8. The lowest BCUT2D eigenvalue weighted by molar-refractivity contribution is -0.137. The minimum Gasteiger partial charge on any atom is -0.481 e. The maximum Gasteiger partial charge on any atom is 0.303 e. The maximum absolute atomic E-state index is 12.8. The van der Waals surface area contributed by atoms with Gasteiger partial charge in [-0.15, -0.1) is 0 Å². The zero-order valence-electron chi connectivity index (χ0n) is 9.31. The van der Waals surface area contributed by atoms with Crippen molar-refractivity contribution in [1.29, 1.82) is 0 Å². The lowest BCUT2D eigenvalue weighted by atomic mass is 10.1. The van der Waals surface area contributed by atoms with Crippen LogP contribution in [0.15, 0.2) is 18.5 Å². The summed E-state index contributed by atoms with van der Waals surface area (Å²) >= 11 is 0. The van der Waals surface area contributed by atoms with Gasteiger partial charge >= 0.3 is 5.97 Å². The number of pyridine rings is 1. The summed E-state index contributed by atoms with van der Waals surface area (Å²) in [6.45, 7) is 1.93. The zero-order valence-corrected chi connectivity index (χ0v) is 9.31. The van der Waals surface area contributed by atoms with E-state index in [1.165, 1.54) is 6.20 Å². The molecule has 1 aromatic rings. The molecule has 1 amide bonds. The molecule has 0 saturated heterocycles. The van der Waals surface area contributed by atoms with Crippen LogP contribution in [-0.2, 0) is 4.79 Å². The van der Waals surface area contributed by atoms with Gasteiger partial charge in [0.25, 0.3) is 5.91 Å². The number of hydrogen-bond donors (Lipinski definition) is 2. The fourth-order valence-corrected chi connectivity index (χ4v) is 1.28. The third-order valence-corrected chi connectivity index (χ3v) is 2.10. The van der Waals surface area contributed by atoms with Crippen molar-refractivity contribution in [3.05, 3.63) is 29.8 Å². The van der Waals surface area contributed by atoms with E-state index in [1.54, 1.807) is 6.92 Å². The Morgan fingerprint density at radius 1 is 1.53 bits per heavy atom. The number of nitrogens with zero attached hydrogens (tertiary/aromatic N) is 1. The highest BCUT2D eigenvalue weighted by Crippen LogP contribution is 2.03. The van der Waals surface area contributed by atoms with Crippen molar-refractivity contribution in [2.24, 2.45) is 5.92 Å². The van der Waals surface area contributed by atoms with Gasteiger partial charge in [-0.25, -0.2) is 4.39 Å². The summed E-state index contributed by atoms with van der Waals surface area (Å²) in [5, 5.41) is 11.1. The van der Waals surface area contributed by atoms with Crippen LogP contribution >= 0.6 is 0 Å². The molecule has 92 valence electrons. The molecule has 6 heteroatoms. The molecule has 17 heavy (non-hydrogen) atoms. The van der Waals surface area contributed by atoms with Crippen LogP contribution in [0.3, 0.4) is 0 Å². The summed E-state index contributed by atoms with van der Waals surface area (Å²) in [5.74, 6) is -2.15. The van der Waals surface area contributed by atoms with Gasteiger partial charge in [0.1, 0.15) is 5.82 Å². The van der Waals surface area contributed by atoms with E-state index >= 15 is 0 Å². The van der Waals surface area contributed by atoms with E-state index in [9.17, 15) is 14.0 Å². The molecular formula is C11H13FN2O3. The quantitative estimate of drug-likeness (QED) is 0.806. The van der Waals surface area contributed by atoms with E-state index < -0.39 is 17.7 Å². The van der Waals surface area contributed by atoms with Gasteiger partial charge in [0.15, 0.2) is 0 Å². The number of carboxylic acids is 1. The van der Waals surface area contributed by atoms with Crippen molar-refractivity contribution in [2.75, 3.05) is 6.54 Å². The van der Waals surface area contributed by atoms with Crippen LogP contribution in [0.1, 0.15) is 23.7 Å². The molecule has 1 rings (SSSR count). The minimum absolute atomic E-state index is 0.0261. The van der Waals surface area contributed by atoms with Crippen LogP contribution < -0.4 is 5.32 Å². The van der Waals surface area contributed by atoms with Gasteiger partial charge in [-0.1, -0.05) is 6.92 Å². The van der Waals surface area contributed by atoms with Crippen molar-refractivity contribution >= 4 is 11.9 Å². The zero-order chi connectivity index (χ0) is 12.8. The smallest absolute Gasteiger partial charge is 0.303 e. The predicted molar refractivity (Wildman–Crippen MR) is 57.9 cm³/mol. The molecule has 0 aliphatic rings. The van der Waals surface area contributed by atoms with Crippen molar-refractivity contribution in [3.63, 3.8) is 0 Å². The van der Waals surface area contributed by atoms with Gasteiger partial charge in [0, 0.05) is 19.2 Å². The van der Waals surface area contributed by atoms with Crippen LogP contribution in [-0.4, -0.2) is 28.5 Å². The molecule has 0 spiro atoms. The first kappa shape index (κ1) is 13.1. The highest BCUT2D eigenvalue weighted by atomic mass is 19.1. The molecule has 1 heterocycles. The first-order valence-electron chi connectivity index (χ1n) is 5.09. The average Bonchev–Trinajstić information content (AvgIpc) is 2.25. The first-order chi connectivity index (χ1) is 7.99. The molecule has 1 atom stereocenters. The number of amides is 1. The second-order valence-electron chi connectivity index (χ2n) is 3.80. The lowest BCUT2D eigenvalue weighted by Crippen LogP contribution is -2.29. The van der Waals surface area contributed by atoms with Crippen molar-refractivity contribution < 1.29 is 19.1 Å². The second-order valence-corrected chi connectivity index (χ2v) is 3.80. The number of halogens is 1. The van der Waals surface area contributed by atoms with Crippen molar-refractivity contribution in [1.82, 2.24) is 10.3 Å². The van der Waals surface area contributed by atoms with Crippen LogP contribution in [0.4, 0.5) is 4.39 Å². The number of carboxylic acid groups (broad SMARTS) is 1. The molecule has 0 aliphatic carbocycles. The summed E-state index contributed by atoms with van der Waals surface area (Å²) in [4.78, 5) is 25.5. The summed E-state index contributed by atoms with van der Waals surface area (Å²) in [5.41, 5.74) is 0.118. The summed E-state index contributed by atoms with van der Waals surface area (Å²) in [6.07, 6.45) is 2.23. The molecule has 1 aromatic heterocycles. The normalized spacial score (nSPS) is 11.9. The van der Waals surface area contributed by atoms with E-state index in [0.29, 0.717) is 0 Å². The predicted octanol–water partition coefficient (Wildman–Crippen LogP) is 1.06. The van der Waals surface area contributed by atoms with Crippen LogP contribution in [0.5, 0.6) is 0 Å². The Balaban J connectivity index is 2.47. The summed E-state index contributed by atoms with van der Waals surface area (Å²) in [6, 6.07) is 1.07. The fourth-order valence-electron chi connectivity index (χ4n) is 1.28. The molecule has 0 aromatic carbocycles. The number of hydrogen-bond acceptors (Lipinski definition) is 3. The third kappa shape index (κ3) is 4.58. The van der Waals surface area contributed by atoms with E-state index in [4.69, 9.17) is 5.11 Å². The Kier molecular flexibility index (Phi) is 4.56. The van der Waals surface area contributed by atoms with E-state index in [2.05, 4.69) is 10.3 Å². The van der Waals surface area contributed by atoms with Gasteiger partial charge in [-0.2, -0.15) is 0 Å². The standard InChI is InChI=1S/C11H13FN2O3/c1-7(2-10(15)16)4-14-11(17)8-3-9(12)6-13-5-8/h3,5-7H,2,4H2,1H3,(H,14,17)(H,15,16). The number of rotatable bonds is 5. The highest BCUT2D eigenvalue weighted by Gasteiger charge is 2.11. The Morgan fingerprint density at radius 2 is 2.24 bits per heavy atom. The lowest BCUT2D eigenvalue weighted by Gasteiger charge is -2.10. The number of aromatic nitrogens is 1. The topological polar surface area (TPSA) is 79.3 Å². The molecule has 2 N–H and O–H groups in total. The molecule has 0 aliphatic heterocycles. The van der Waals surface area contributed by atoms with E-state index in [0.717, 1.165) is 12.3 Å². The second kappa shape index (κ2) is 5.93. The monoisotopic (exact) mass is 240 g/mol. The minimum atomic E-state index is -0.917. The van der Waals surface area contributed by atoms with Crippen molar-refractivity contribution in [3.8, 4) is 0 Å². The molecule has 0 fully saturated rings. The highest BCUT2D eigenvalue weighted by molar-refractivity contribution is 5.93. The van der Waals surface area contributed by atoms with Gasteiger partial charge in [0.2, 0.25) is 0 Å². The van der Waals surface area contributed by atoms with Crippen LogP contribution in [0.2, 0.25) is 0 Å². The SMILES string of the molecule is CC(CNC(=O)c1cncc(F)c1)CC(=O)O. The number of aliphatic carboxylic acids is 1. The largest absolute Gasteiger partial charge is 0.481 e. The Morgan fingerprint density at radius 3 is 2.82 bits per heavy atom. The molecule has 1 unspecified atom stereocenters. The van der Waals surface area contributed by atoms with Gasteiger partial charge in [-0.3, -0.25) is 14.6 Å².